The monoisotopic (exact) mass is 234 g/mol. The lowest BCUT2D eigenvalue weighted by Crippen LogP contribution is -2.38. The fourth-order valence-electron chi connectivity index (χ4n) is 1.20. The Labute approximate surface area is 96.6 Å². The molecule has 0 fully saturated rings. The molecule has 2 aromatic heterocycles. The zero-order valence-electron chi connectivity index (χ0n) is 8.80. The number of furan rings is 2. The molecule has 0 aliphatic carbocycles. The van der Waals surface area contributed by atoms with E-state index in [0.717, 1.165) is 0 Å². The maximum Gasteiger partial charge on any atom is 0.322 e. The van der Waals surface area contributed by atoms with Crippen LogP contribution in [0, 0.1) is 0 Å². The van der Waals surface area contributed by atoms with Gasteiger partial charge in [0.25, 0.3) is 5.91 Å². The van der Waals surface area contributed by atoms with E-state index in [2.05, 4.69) is 10.6 Å². The first-order valence-electron chi connectivity index (χ1n) is 4.91. The van der Waals surface area contributed by atoms with Crippen LogP contribution in [0.25, 0.3) is 0 Å². The van der Waals surface area contributed by atoms with Crippen LogP contribution in [-0.4, -0.2) is 11.9 Å². The number of urea groups is 1. The first-order chi connectivity index (χ1) is 8.25. The molecular weight excluding hydrogens is 224 g/mol. The lowest BCUT2D eigenvalue weighted by atomic mass is 10.4. The van der Waals surface area contributed by atoms with Crippen LogP contribution in [0.4, 0.5) is 4.79 Å². The second-order valence-electron chi connectivity index (χ2n) is 3.19. The number of carbonyl (C=O) groups is 2. The van der Waals surface area contributed by atoms with Gasteiger partial charge in [0, 0.05) is 0 Å². The Morgan fingerprint density at radius 3 is 2.53 bits per heavy atom. The van der Waals surface area contributed by atoms with Crippen molar-refractivity contribution in [2.24, 2.45) is 0 Å². The van der Waals surface area contributed by atoms with Gasteiger partial charge < -0.3 is 14.2 Å². The van der Waals surface area contributed by atoms with Crippen LogP contribution in [0.1, 0.15) is 16.3 Å². The van der Waals surface area contributed by atoms with Crippen LogP contribution in [-0.2, 0) is 6.54 Å². The SMILES string of the molecule is O=C(NCc1ccco1)NC(=O)c1ccco1. The van der Waals surface area contributed by atoms with Gasteiger partial charge in [-0.2, -0.15) is 0 Å². The van der Waals surface area contributed by atoms with Crippen LogP contribution >= 0.6 is 0 Å². The summed E-state index contributed by atoms with van der Waals surface area (Å²) >= 11 is 0. The Morgan fingerprint density at radius 1 is 1.12 bits per heavy atom. The number of rotatable bonds is 3. The largest absolute Gasteiger partial charge is 0.467 e. The van der Waals surface area contributed by atoms with Gasteiger partial charge in [-0.3, -0.25) is 10.1 Å². The van der Waals surface area contributed by atoms with Crippen molar-refractivity contribution < 1.29 is 18.4 Å². The van der Waals surface area contributed by atoms with Gasteiger partial charge in [-0.15, -0.1) is 0 Å². The Bertz CT molecular complexity index is 488. The summed E-state index contributed by atoms with van der Waals surface area (Å²) in [6.07, 6.45) is 2.86. The Balaban J connectivity index is 1.80. The number of carbonyl (C=O) groups excluding carboxylic acids is 2. The van der Waals surface area contributed by atoms with Gasteiger partial charge in [0.2, 0.25) is 0 Å². The topological polar surface area (TPSA) is 84.5 Å². The van der Waals surface area contributed by atoms with Crippen molar-refractivity contribution in [1.29, 1.82) is 0 Å². The highest BCUT2D eigenvalue weighted by molar-refractivity contribution is 6.02. The molecular formula is C11H10N2O4. The lowest BCUT2D eigenvalue weighted by Gasteiger charge is -2.03. The molecule has 0 atom stereocenters. The summed E-state index contributed by atoms with van der Waals surface area (Å²) in [4.78, 5) is 22.7. The summed E-state index contributed by atoms with van der Waals surface area (Å²) in [5.41, 5.74) is 0. The Hall–Kier alpha value is -2.50. The average Bonchev–Trinajstić information content (AvgIpc) is 2.99. The van der Waals surface area contributed by atoms with Gasteiger partial charge in [0.15, 0.2) is 5.76 Å². The van der Waals surface area contributed by atoms with Crippen LogP contribution in [0.3, 0.4) is 0 Å². The number of amides is 3. The molecule has 0 aromatic carbocycles. The van der Waals surface area contributed by atoms with Gasteiger partial charge in [-0.1, -0.05) is 0 Å². The minimum absolute atomic E-state index is 0.0816. The Kier molecular flexibility index (Phi) is 3.25. The molecule has 0 bridgehead atoms. The molecule has 2 aromatic rings. The first kappa shape index (κ1) is 11.0. The highest BCUT2D eigenvalue weighted by Gasteiger charge is 2.12. The predicted molar refractivity (Wildman–Crippen MR) is 57.1 cm³/mol. The minimum Gasteiger partial charge on any atom is -0.467 e. The van der Waals surface area contributed by atoms with E-state index in [1.54, 1.807) is 18.2 Å². The summed E-state index contributed by atoms with van der Waals surface area (Å²) in [6, 6.07) is 5.85. The smallest absolute Gasteiger partial charge is 0.322 e. The van der Waals surface area contributed by atoms with E-state index >= 15 is 0 Å². The van der Waals surface area contributed by atoms with E-state index in [0.29, 0.717) is 5.76 Å². The third-order valence-corrected chi connectivity index (χ3v) is 1.98. The van der Waals surface area contributed by atoms with Gasteiger partial charge in [0.1, 0.15) is 5.76 Å². The average molecular weight is 234 g/mol. The van der Waals surface area contributed by atoms with Gasteiger partial charge in [-0.05, 0) is 24.3 Å². The normalized spacial score (nSPS) is 9.88. The van der Waals surface area contributed by atoms with Gasteiger partial charge >= 0.3 is 6.03 Å². The maximum absolute atomic E-state index is 11.4. The van der Waals surface area contributed by atoms with Crippen molar-refractivity contribution in [3.8, 4) is 0 Å². The molecule has 0 spiro atoms. The number of nitrogens with one attached hydrogen (secondary N) is 2. The number of imide groups is 1. The predicted octanol–water partition coefficient (Wildman–Crippen LogP) is 1.51. The van der Waals surface area contributed by atoms with Crippen molar-refractivity contribution >= 4 is 11.9 Å². The molecule has 17 heavy (non-hydrogen) atoms. The summed E-state index contributed by atoms with van der Waals surface area (Å²) in [5, 5.41) is 4.59. The molecule has 0 saturated carbocycles. The Morgan fingerprint density at radius 2 is 1.88 bits per heavy atom. The highest BCUT2D eigenvalue weighted by Crippen LogP contribution is 2.00. The van der Waals surface area contributed by atoms with Crippen LogP contribution < -0.4 is 10.6 Å². The molecule has 2 rings (SSSR count). The summed E-state index contributed by atoms with van der Waals surface area (Å²) in [6.45, 7) is 0.213. The molecule has 0 radical (unpaired) electrons. The second-order valence-corrected chi connectivity index (χ2v) is 3.19. The van der Waals surface area contributed by atoms with Crippen molar-refractivity contribution in [2.45, 2.75) is 6.54 Å². The molecule has 3 amide bonds. The first-order valence-corrected chi connectivity index (χ1v) is 4.91. The quantitative estimate of drug-likeness (QED) is 0.843. The van der Waals surface area contributed by atoms with Crippen molar-refractivity contribution in [3.63, 3.8) is 0 Å². The number of hydrogen-bond acceptors (Lipinski definition) is 4. The molecule has 0 aliphatic heterocycles. The zero-order chi connectivity index (χ0) is 12.1. The summed E-state index contributed by atoms with van der Waals surface area (Å²) in [7, 11) is 0. The van der Waals surface area contributed by atoms with Gasteiger partial charge in [0.05, 0.1) is 19.1 Å². The van der Waals surface area contributed by atoms with Crippen LogP contribution in [0.2, 0.25) is 0 Å². The standard InChI is InChI=1S/C11H10N2O4/c14-10(9-4-2-6-17-9)13-11(15)12-7-8-3-1-5-16-8/h1-6H,7H2,(H2,12,13,14,15). The van der Waals surface area contributed by atoms with E-state index in [1.165, 1.54) is 18.6 Å². The molecule has 2 heterocycles. The molecule has 2 N–H and O–H groups in total. The summed E-state index contributed by atoms with van der Waals surface area (Å²) < 4.78 is 9.85. The maximum atomic E-state index is 11.4. The zero-order valence-corrected chi connectivity index (χ0v) is 8.80. The van der Waals surface area contributed by atoms with Crippen molar-refractivity contribution in [1.82, 2.24) is 10.6 Å². The highest BCUT2D eigenvalue weighted by atomic mass is 16.3. The van der Waals surface area contributed by atoms with Crippen molar-refractivity contribution in [2.75, 3.05) is 0 Å². The van der Waals surface area contributed by atoms with E-state index < -0.39 is 11.9 Å². The third kappa shape index (κ3) is 2.97. The second kappa shape index (κ2) is 5.02. The van der Waals surface area contributed by atoms with E-state index in [4.69, 9.17) is 8.83 Å². The van der Waals surface area contributed by atoms with Crippen LogP contribution in [0.15, 0.2) is 45.6 Å². The molecule has 6 heteroatoms. The van der Waals surface area contributed by atoms with E-state index in [-0.39, 0.29) is 12.3 Å². The molecule has 0 aliphatic rings. The molecule has 6 nitrogen and oxygen atoms in total. The van der Waals surface area contributed by atoms with Gasteiger partial charge in [-0.25, -0.2) is 4.79 Å². The van der Waals surface area contributed by atoms with Crippen LogP contribution in [0.5, 0.6) is 0 Å². The lowest BCUT2D eigenvalue weighted by molar-refractivity contribution is 0.0936. The molecule has 88 valence electrons. The summed E-state index contributed by atoms with van der Waals surface area (Å²) in [5.74, 6) is 0.0932. The molecule has 0 unspecified atom stereocenters. The van der Waals surface area contributed by atoms with E-state index in [9.17, 15) is 9.59 Å². The fourth-order valence-corrected chi connectivity index (χ4v) is 1.20. The minimum atomic E-state index is -0.609. The third-order valence-electron chi connectivity index (χ3n) is 1.98. The number of hydrogen-bond donors (Lipinski definition) is 2. The molecule has 0 saturated heterocycles. The fraction of sp³-hybridized carbons (Fsp3) is 0.0909. The van der Waals surface area contributed by atoms with Crippen molar-refractivity contribution in [3.05, 3.63) is 48.3 Å². The van der Waals surface area contributed by atoms with E-state index in [1.807, 2.05) is 0 Å².